The fourth-order valence-electron chi connectivity index (χ4n) is 2.40. The van der Waals surface area contributed by atoms with Crippen LogP contribution in [0.15, 0.2) is 36.4 Å². The molecule has 0 aromatic heterocycles. The molecule has 0 fully saturated rings. The van der Waals surface area contributed by atoms with Gasteiger partial charge in [-0.05, 0) is 35.4 Å². The Labute approximate surface area is 136 Å². The van der Waals surface area contributed by atoms with Crippen LogP contribution in [0.3, 0.4) is 0 Å². The summed E-state index contributed by atoms with van der Waals surface area (Å²) in [5.74, 6) is 2.35. The zero-order chi connectivity index (χ0) is 16.8. The molecule has 1 unspecified atom stereocenters. The highest BCUT2D eigenvalue weighted by Crippen LogP contribution is 2.40. The molecule has 0 spiro atoms. The molecule has 0 aliphatic rings. The maximum absolute atomic E-state index is 10.5. The molecule has 124 valence electrons. The second-order valence-corrected chi connectivity index (χ2v) is 5.03. The minimum absolute atomic E-state index is 0.475. The van der Waals surface area contributed by atoms with Gasteiger partial charge in [0.1, 0.15) is 5.75 Å². The molecular formula is C18H22O5. The smallest absolute Gasteiger partial charge is 0.203 e. The first-order chi connectivity index (χ1) is 11.1. The maximum Gasteiger partial charge on any atom is 0.203 e. The topological polar surface area (TPSA) is 57.2 Å². The second-order valence-electron chi connectivity index (χ2n) is 5.03. The molecule has 0 aliphatic heterocycles. The average Bonchev–Trinajstić information content (AvgIpc) is 2.60. The van der Waals surface area contributed by atoms with Gasteiger partial charge >= 0.3 is 0 Å². The monoisotopic (exact) mass is 318 g/mol. The van der Waals surface area contributed by atoms with Gasteiger partial charge in [-0.25, -0.2) is 0 Å². The van der Waals surface area contributed by atoms with Crippen molar-refractivity contribution < 1.29 is 24.1 Å². The number of hydrogen-bond donors (Lipinski definition) is 1. The lowest BCUT2D eigenvalue weighted by atomic mass is 10.0. The van der Waals surface area contributed by atoms with Crippen LogP contribution in [0.5, 0.6) is 23.0 Å². The molecule has 23 heavy (non-hydrogen) atoms. The number of aliphatic hydroxyl groups excluding tert-OH is 1. The molecule has 0 saturated heterocycles. The standard InChI is InChI=1S/C18H22O5/c1-20-14-7-5-12(6-8-14)9-15(19)13-10-16(21-2)18(23-4)17(11-13)22-3/h5-8,10-11,15,19H,9H2,1-4H3. The summed E-state index contributed by atoms with van der Waals surface area (Å²) < 4.78 is 21.1. The normalized spacial score (nSPS) is 11.7. The molecule has 5 heteroatoms. The first-order valence-corrected chi connectivity index (χ1v) is 7.23. The number of methoxy groups -OCH3 is 4. The van der Waals surface area contributed by atoms with Crippen LogP contribution >= 0.6 is 0 Å². The van der Waals surface area contributed by atoms with Crippen LogP contribution in [0.2, 0.25) is 0 Å². The summed E-state index contributed by atoms with van der Waals surface area (Å²) in [5, 5.41) is 10.5. The van der Waals surface area contributed by atoms with Gasteiger partial charge in [0.05, 0.1) is 34.5 Å². The van der Waals surface area contributed by atoms with Crippen LogP contribution in [0.4, 0.5) is 0 Å². The number of benzene rings is 2. The third kappa shape index (κ3) is 3.87. The molecule has 0 amide bonds. The minimum atomic E-state index is -0.683. The largest absolute Gasteiger partial charge is 0.497 e. The molecule has 0 heterocycles. The molecule has 2 rings (SSSR count). The van der Waals surface area contributed by atoms with E-state index < -0.39 is 6.10 Å². The van der Waals surface area contributed by atoms with Gasteiger partial charge in [0.25, 0.3) is 0 Å². The molecule has 0 saturated carbocycles. The Morgan fingerprint density at radius 2 is 1.39 bits per heavy atom. The zero-order valence-electron chi connectivity index (χ0n) is 13.8. The van der Waals surface area contributed by atoms with Gasteiger partial charge in [-0.2, -0.15) is 0 Å². The van der Waals surface area contributed by atoms with E-state index in [9.17, 15) is 5.11 Å². The van der Waals surface area contributed by atoms with Gasteiger partial charge in [0, 0.05) is 6.42 Å². The third-order valence-electron chi connectivity index (χ3n) is 3.66. The quantitative estimate of drug-likeness (QED) is 0.850. The molecule has 0 bridgehead atoms. The summed E-state index contributed by atoms with van der Waals surface area (Å²) in [6.07, 6.45) is -0.208. The van der Waals surface area contributed by atoms with Gasteiger partial charge in [0.15, 0.2) is 11.5 Å². The van der Waals surface area contributed by atoms with Crippen LogP contribution < -0.4 is 18.9 Å². The molecule has 1 N–H and O–H groups in total. The van der Waals surface area contributed by atoms with Crippen molar-refractivity contribution >= 4 is 0 Å². The van der Waals surface area contributed by atoms with E-state index in [0.717, 1.165) is 11.3 Å². The molecule has 2 aromatic carbocycles. The van der Waals surface area contributed by atoms with Crippen molar-refractivity contribution in [3.05, 3.63) is 47.5 Å². The number of hydrogen-bond acceptors (Lipinski definition) is 5. The summed E-state index contributed by atoms with van der Waals surface area (Å²) in [6.45, 7) is 0. The predicted octanol–water partition coefficient (Wildman–Crippen LogP) is 3.00. The number of ether oxygens (including phenoxy) is 4. The van der Waals surface area contributed by atoms with Gasteiger partial charge in [0.2, 0.25) is 5.75 Å². The Morgan fingerprint density at radius 1 is 0.826 bits per heavy atom. The number of rotatable bonds is 7. The Bertz CT molecular complexity index is 611. The van der Waals surface area contributed by atoms with Crippen molar-refractivity contribution in [3.63, 3.8) is 0 Å². The molecule has 2 aromatic rings. The summed E-state index contributed by atoms with van der Waals surface area (Å²) in [4.78, 5) is 0. The van der Waals surface area contributed by atoms with E-state index >= 15 is 0 Å². The van der Waals surface area contributed by atoms with Gasteiger partial charge in [-0.15, -0.1) is 0 Å². The van der Waals surface area contributed by atoms with Crippen molar-refractivity contribution in [2.75, 3.05) is 28.4 Å². The van der Waals surface area contributed by atoms with E-state index in [4.69, 9.17) is 18.9 Å². The lowest BCUT2D eigenvalue weighted by Gasteiger charge is -2.17. The first kappa shape index (κ1) is 17.0. The zero-order valence-corrected chi connectivity index (χ0v) is 13.8. The first-order valence-electron chi connectivity index (χ1n) is 7.23. The Balaban J connectivity index is 2.25. The van der Waals surface area contributed by atoms with Crippen LogP contribution in [0.25, 0.3) is 0 Å². The highest BCUT2D eigenvalue weighted by atomic mass is 16.5. The Kier molecular flexibility index (Phi) is 5.71. The van der Waals surface area contributed by atoms with Gasteiger partial charge in [-0.3, -0.25) is 0 Å². The highest BCUT2D eigenvalue weighted by Gasteiger charge is 2.17. The molecule has 0 radical (unpaired) electrons. The van der Waals surface area contributed by atoms with Crippen LogP contribution in [-0.2, 0) is 6.42 Å². The van der Waals surface area contributed by atoms with Crippen LogP contribution in [0.1, 0.15) is 17.2 Å². The Hall–Kier alpha value is -2.40. The fraction of sp³-hybridized carbons (Fsp3) is 0.333. The van der Waals surface area contributed by atoms with Crippen molar-refractivity contribution in [2.24, 2.45) is 0 Å². The van der Waals surface area contributed by atoms with E-state index in [2.05, 4.69) is 0 Å². The van der Waals surface area contributed by atoms with Crippen molar-refractivity contribution in [1.29, 1.82) is 0 Å². The lowest BCUT2D eigenvalue weighted by molar-refractivity contribution is 0.177. The third-order valence-corrected chi connectivity index (χ3v) is 3.66. The second kappa shape index (κ2) is 7.74. The highest BCUT2D eigenvalue weighted by molar-refractivity contribution is 5.54. The molecule has 1 atom stereocenters. The predicted molar refractivity (Wildman–Crippen MR) is 87.8 cm³/mol. The summed E-state index contributed by atoms with van der Waals surface area (Å²) >= 11 is 0. The van der Waals surface area contributed by atoms with E-state index in [1.54, 1.807) is 40.6 Å². The summed E-state index contributed by atoms with van der Waals surface area (Å²) in [6, 6.07) is 11.1. The van der Waals surface area contributed by atoms with Gasteiger partial charge < -0.3 is 24.1 Å². The Morgan fingerprint density at radius 3 is 1.83 bits per heavy atom. The molecule has 0 aliphatic carbocycles. The average molecular weight is 318 g/mol. The van der Waals surface area contributed by atoms with Crippen LogP contribution in [-0.4, -0.2) is 33.5 Å². The SMILES string of the molecule is COc1ccc(CC(O)c2cc(OC)c(OC)c(OC)c2)cc1. The maximum atomic E-state index is 10.5. The van der Waals surface area contributed by atoms with Gasteiger partial charge in [-0.1, -0.05) is 12.1 Å². The fourth-order valence-corrected chi connectivity index (χ4v) is 2.40. The van der Waals surface area contributed by atoms with Crippen molar-refractivity contribution in [2.45, 2.75) is 12.5 Å². The van der Waals surface area contributed by atoms with E-state index in [-0.39, 0.29) is 0 Å². The van der Waals surface area contributed by atoms with Crippen molar-refractivity contribution in [1.82, 2.24) is 0 Å². The van der Waals surface area contributed by atoms with E-state index in [1.807, 2.05) is 24.3 Å². The van der Waals surface area contributed by atoms with E-state index in [0.29, 0.717) is 29.2 Å². The van der Waals surface area contributed by atoms with Crippen LogP contribution in [0, 0.1) is 0 Å². The molecular weight excluding hydrogens is 296 g/mol. The van der Waals surface area contributed by atoms with Crippen molar-refractivity contribution in [3.8, 4) is 23.0 Å². The molecule has 5 nitrogen and oxygen atoms in total. The lowest BCUT2D eigenvalue weighted by Crippen LogP contribution is -2.04. The summed E-state index contributed by atoms with van der Waals surface area (Å²) in [7, 11) is 6.28. The summed E-state index contributed by atoms with van der Waals surface area (Å²) in [5.41, 5.74) is 1.71. The number of aliphatic hydroxyl groups is 1. The van der Waals surface area contributed by atoms with E-state index in [1.165, 1.54) is 0 Å². The minimum Gasteiger partial charge on any atom is -0.497 e.